The first kappa shape index (κ1) is 18.9. The molecule has 1 amide bonds. The number of halogens is 2. The first-order valence-corrected chi connectivity index (χ1v) is 9.12. The van der Waals surface area contributed by atoms with Gasteiger partial charge < -0.3 is 9.88 Å². The van der Waals surface area contributed by atoms with E-state index in [-0.39, 0.29) is 22.5 Å². The van der Waals surface area contributed by atoms with E-state index in [1.54, 1.807) is 35.9 Å². The van der Waals surface area contributed by atoms with Gasteiger partial charge in [-0.05, 0) is 30.3 Å². The van der Waals surface area contributed by atoms with Crippen molar-refractivity contribution in [3.05, 3.63) is 58.9 Å². The van der Waals surface area contributed by atoms with E-state index in [1.165, 1.54) is 30.0 Å². The second-order valence-electron chi connectivity index (χ2n) is 5.49. The van der Waals surface area contributed by atoms with Gasteiger partial charge >= 0.3 is 0 Å². The molecule has 1 aromatic heterocycles. The van der Waals surface area contributed by atoms with Crippen LogP contribution in [0.4, 0.5) is 10.1 Å². The lowest BCUT2D eigenvalue weighted by Crippen LogP contribution is -2.14. The molecule has 0 aliphatic rings. The predicted octanol–water partition coefficient (Wildman–Crippen LogP) is 3.88. The summed E-state index contributed by atoms with van der Waals surface area (Å²) < 4.78 is 15.6. The van der Waals surface area contributed by atoms with Crippen molar-refractivity contribution in [2.24, 2.45) is 7.05 Å². The van der Waals surface area contributed by atoms with E-state index in [0.29, 0.717) is 27.8 Å². The standard InChI is InChI=1S/C18H13ClFN5OS/c1-25-17(13-4-2-3-5-15(13)20)23-24-18(25)27-10-16(26)22-12-7-6-11(9-21)14(19)8-12/h2-8H,10H2,1H3,(H,22,26). The van der Waals surface area contributed by atoms with Gasteiger partial charge in [0.05, 0.1) is 21.9 Å². The lowest BCUT2D eigenvalue weighted by Gasteiger charge is -2.07. The Hall–Kier alpha value is -2.89. The third-order valence-corrected chi connectivity index (χ3v) is 4.99. The average Bonchev–Trinajstić information content (AvgIpc) is 3.01. The van der Waals surface area contributed by atoms with Crippen molar-refractivity contribution in [2.45, 2.75) is 5.16 Å². The fourth-order valence-corrected chi connectivity index (χ4v) is 3.26. The van der Waals surface area contributed by atoms with E-state index in [1.807, 2.05) is 6.07 Å². The van der Waals surface area contributed by atoms with Crippen LogP contribution in [0, 0.1) is 17.1 Å². The summed E-state index contributed by atoms with van der Waals surface area (Å²) in [6, 6.07) is 12.9. The molecule has 0 atom stereocenters. The lowest BCUT2D eigenvalue weighted by molar-refractivity contribution is -0.113. The highest BCUT2D eigenvalue weighted by atomic mass is 35.5. The monoisotopic (exact) mass is 401 g/mol. The van der Waals surface area contributed by atoms with Crippen molar-refractivity contribution in [3.63, 3.8) is 0 Å². The van der Waals surface area contributed by atoms with Gasteiger partial charge in [-0.3, -0.25) is 4.79 Å². The predicted molar refractivity (Wildman–Crippen MR) is 102 cm³/mol. The Balaban J connectivity index is 1.65. The molecule has 3 rings (SSSR count). The van der Waals surface area contributed by atoms with Gasteiger partial charge in [0, 0.05) is 12.7 Å². The van der Waals surface area contributed by atoms with E-state index in [9.17, 15) is 9.18 Å². The molecule has 3 aromatic rings. The molecular formula is C18H13ClFN5OS. The number of nitrogens with zero attached hydrogens (tertiary/aromatic N) is 4. The van der Waals surface area contributed by atoms with Crippen LogP contribution in [0.25, 0.3) is 11.4 Å². The third kappa shape index (κ3) is 4.27. The van der Waals surface area contributed by atoms with Gasteiger partial charge in [0.2, 0.25) is 5.91 Å². The molecular weight excluding hydrogens is 389 g/mol. The Morgan fingerprint density at radius 1 is 1.33 bits per heavy atom. The van der Waals surface area contributed by atoms with Crippen LogP contribution in [-0.2, 0) is 11.8 Å². The van der Waals surface area contributed by atoms with Crippen LogP contribution in [-0.4, -0.2) is 26.4 Å². The Labute approximate surface area is 164 Å². The van der Waals surface area contributed by atoms with E-state index < -0.39 is 0 Å². The molecule has 1 heterocycles. The molecule has 0 saturated carbocycles. The molecule has 0 bridgehead atoms. The Morgan fingerprint density at radius 2 is 2.11 bits per heavy atom. The first-order chi connectivity index (χ1) is 13.0. The van der Waals surface area contributed by atoms with Crippen molar-refractivity contribution in [1.29, 1.82) is 5.26 Å². The third-order valence-electron chi connectivity index (χ3n) is 3.66. The number of benzene rings is 2. The molecule has 0 fully saturated rings. The van der Waals surface area contributed by atoms with Crippen molar-refractivity contribution in [2.75, 3.05) is 11.1 Å². The van der Waals surface area contributed by atoms with Gasteiger partial charge in [-0.15, -0.1) is 10.2 Å². The van der Waals surface area contributed by atoms with Crippen LogP contribution < -0.4 is 5.32 Å². The SMILES string of the molecule is Cn1c(SCC(=O)Nc2ccc(C#N)c(Cl)c2)nnc1-c1ccccc1F. The van der Waals surface area contributed by atoms with Gasteiger partial charge in [-0.2, -0.15) is 5.26 Å². The Morgan fingerprint density at radius 3 is 2.81 bits per heavy atom. The molecule has 0 radical (unpaired) electrons. The van der Waals surface area contributed by atoms with Crippen LogP contribution in [0.15, 0.2) is 47.6 Å². The maximum atomic E-state index is 13.9. The van der Waals surface area contributed by atoms with Gasteiger partial charge in [0.15, 0.2) is 11.0 Å². The molecule has 6 nitrogen and oxygen atoms in total. The fraction of sp³-hybridized carbons (Fsp3) is 0.111. The maximum absolute atomic E-state index is 13.9. The zero-order valence-electron chi connectivity index (χ0n) is 14.1. The van der Waals surface area contributed by atoms with Crippen LogP contribution in [0.1, 0.15) is 5.56 Å². The number of carbonyl (C=O) groups is 1. The summed E-state index contributed by atoms with van der Waals surface area (Å²) in [5.74, 6) is -0.188. The van der Waals surface area contributed by atoms with Gasteiger partial charge in [-0.25, -0.2) is 4.39 Å². The number of nitriles is 1. The number of thioether (sulfide) groups is 1. The summed E-state index contributed by atoms with van der Waals surface area (Å²) in [6.07, 6.45) is 0. The van der Waals surface area contributed by atoms with E-state index in [4.69, 9.17) is 16.9 Å². The highest BCUT2D eigenvalue weighted by Gasteiger charge is 2.15. The van der Waals surface area contributed by atoms with E-state index >= 15 is 0 Å². The molecule has 0 spiro atoms. The van der Waals surface area contributed by atoms with Crippen LogP contribution in [0.5, 0.6) is 0 Å². The van der Waals surface area contributed by atoms with Gasteiger partial charge in [0.25, 0.3) is 0 Å². The molecule has 136 valence electrons. The smallest absolute Gasteiger partial charge is 0.234 e. The van der Waals surface area contributed by atoms with Crippen LogP contribution in [0.3, 0.4) is 0 Å². The first-order valence-electron chi connectivity index (χ1n) is 7.76. The number of anilines is 1. The maximum Gasteiger partial charge on any atom is 0.234 e. The van der Waals surface area contributed by atoms with Crippen LogP contribution in [0.2, 0.25) is 5.02 Å². The number of carbonyl (C=O) groups excluding carboxylic acids is 1. The Bertz CT molecular complexity index is 1050. The van der Waals surface area contributed by atoms with E-state index in [0.717, 1.165) is 0 Å². The summed E-state index contributed by atoms with van der Waals surface area (Å²) in [7, 11) is 1.71. The highest BCUT2D eigenvalue weighted by molar-refractivity contribution is 7.99. The second-order valence-corrected chi connectivity index (χ2v) is 6.84. The number of hydrogen-bond donors (Lipinski definition) is 1. The van der Waals surface area contributed by atoms with Crippen molar-refractivity contribution in [1.82, 2.24) is 14.8 Å². The highest BCUT2D eigenvalue weighted by Crippen LogP contribution is 2.25. The summed E-state index contributed by atoms with van der Waals surface area (Å²) in [4.78, 5) is 12.1. The summed E-state index contributed by atoms with van der Waals surface area (Å²) in [5.41, 5.74) is 1.18. The average molecular weight is 402 g/mol. The second kappa shape index (κ2) is 8.20. The fourth-order valence-electron chi connectivity index (χ4n) is 2.33. The van der Waals surface area contributed by atoms with Crippen LogP contribution >= 0.6 is 23.4 Å². The zero-order valence-corrected chi connectivity index (χ0v) is 15.7. The molecule has 9 heteroatoms. The summed E-state index contributed by atoms with van der Waals surface area (Å²) in [5, 5.41) is 20.4. The molecule has 1 N–H and O–H groups in total. The van der Waals surface area contributed by atoms with E-state index in [2.05, 4.69) is 15.5 Å². The van der Waals surface area contributed by atoms with Gasteiger partial charge in [0.1, 0.15) is 11.9 Å². The topological polar surface area (TPSA) is 83.6 Å². The Kier molecular flexibility index (Phi) is 5.74. The van der Waals surface area contributed by atoms with Crippen molar-refractivity contribution in [3.8, 4) is 17.5 Å². The molecule has 0 aliphatic heterocycles. The quantitative estimate of drug-likeness (QED) is 0.656. The molecule has 0 aliphatic carbocycles. The zero-order chi connectivity index (χ0) is 19.4. The minimum absolute atomic E-state index is 0.0842. The van der Waals surface area contributed by atoms with Crippen molar-refractivity contribution < 1.29 is 9.18 Å². The minimum atomic E-state index is -0.389. The normalized spacial score (nSPS) is 10.4. The molecule has 27 heavy (non-hydrogen) atoms. The number of hydrogen-bond acceptors (Lipinski definition) is 5. The number of aromatic nitrogens is 3. The molecule has 0 saturated heterocycles. The number of amides is 1. The number of nitrogens with one attached hydrogen (secondary N) is 1. The summed E-state index contributed by atoms with van der Waals surface area (Å²) in [6.45, 7) is 0. The summed E-state index contributed by atoms with van der Waals surface area (Å²) >= 11 is 7.13. The largest absolute Gasteiger partial charge is 0.325 e. The number of rotatable bonds is 5. The van der Waals surface area contributed by atoms with Crippen molar-refractivity contribution >= 4 is 35.0 Å². The molecule has 2 aromatic carbocycles. The van der Waals surface area contributed by atoms with Gasteiger partial charge in [-0.1, -0.05) is 35.5 Å². The minimum Gasteiger partial charge on any atom is -0.325 e. The molecule has 0 unspecified atom stereocenters. The lowest BCUT2D eigenvalue weighted by atomic mass is 10.2.